The molecule has 0 bridgehead atoms. The van der Waals surface area contributed by atoms with Crippen LogP contribution < -0.4 is 11.1 Å². The van der Waals surface area contributed by atoms with Crippen LogP contribution in [0.25, 0.3) is 11.5 Å². The molecule has 0 saturated heterocycles. The van der Waals surface area contributed by atoms with Gasteiger partial charge in [0.1, 0.15) is 6.54 Å². The third-order valence-corrected chi connectivity index (χ3v) is 4.23. The summed E-state index contributed by atoms with van der Waals surface area (Å²) in [5.74, 6) is -0.846. The van der Waals surface area contributed by atoms with E-state index < -0.39 is 5.76 Å². The number of nitrogens with one attached hydrogen (secondary N) is 1. The number of anilines is 1. The summed E-state index contributed by atoms with van der Waals surface area (Å²) < 4.78 is 6.99. The molecular weight excluding hydrogens is 374 g/mol. The predicted octanol–water partition coefficient (Wildman–Crippen LogP) is 3.21. The van der Waals surface area contributed by atoms with Crippen LogP contribution in [0.1, 0.15) is 5.56 Å². The van der Waals surface area contributed by atoms with Gasteiger partial charge < -0.3 is 9.73 Å². The lowest BCUT2D eigenvalue weighted by molar-refractivity contribution is -0.117. The molecule has 0 atom stereocenters. The zero-order chi connectivity index (χ0) is 17.1. The Morgan fingerprint density at radius 2 is 2.00 bits per heavy atom. The Labute approximate surface area is 146 Å². The van der Waals surface area contributed by atoms with Gasteiger partial charge in [0.25, 0.3) is 0 Å². The van der Waals surface area contributed by atoms with Crippen LogP contribution in [0, 0.1) is 6.92 Å². The molecule has 0 radical (unpaired) electrons. The van der Waals surface area contributed by atoms with Gasteiger partial charge in [-0.25, -0.2) is 4.79 Å². The highest BCUT2D eigenvalue weighted by molar-refractivity contribution is 9.10. The number of aromatic nitrogens is 2. The van der Waals surface area contributed by atoms with Gasteiger partial charge in [0.05, 0.1) is 0 Å². The van der Waals surface area contributed by atoms with Gasteiger partial charge in [0, 0.05) is 15.7 Å². The summed E-state index contributed by atoms with van der Waals surface area (Å²) in [6.45, 7) is 1.73. The molecule has 122 valence electrons. The van der Waals surface area contributed by atoms with Crippen LogP contribution in [0.2, 0.25) is 0 Å². The van der Waals surface area contributed by atoms with E-state index >= 15 is 0 Å². The van der Waals surface area contributed by atoms with Crippen molar-refractivity contribution in [3.63, 3.8) is 0 Å². The summed E-state index contributed by atoms with van der Waals surface area (Å²) in [5.41, 5.74) is 2.38. The number of amides is 1. The molecule has 0 saturated carbocycles. The summed E-state index contributed by atoms with van der Waals surface area (Å²) in [5, 5.41) is 6.79. The van der Waals surface area contributed by atoms with Crippen molar-refractivity contribution >= 4 is 27.5 Å². The third-order valence-electron chi connectivity index (χ3n) is 3.38. The topological polar surface area (TPSA) is 77.1 Å². The van der Waals surface area contributed by atoms with E-state index in [2.05, 4.69) is 26.3 Å². The first-order valence-electron chi connectivity index (χ1n) is 7.22. The lowest BCUT2D eigenvalue weighted by Gasteiger charge is -2.06. The molecule has 0 unspecified atom stereocenters. The second kappa shape index (κ2) is 6.84. The van der Waals surface area contributed by atoms with E-state index in [1.807, 2.05) is 31.2 Å². The molecule has 1 N–H and O–H groups in total. The van der Waals surface area contributed by atoms with Crippen LogP contribution in [0.4, 0.5) is 5.69 Å². The normalized spacial score (nSPS) is 10.6. The lowest BCUT2D eigenvalue weighted by atomic mass is 10.2. The van der Waals surface area contributed by atoms with Gasteiger partial charge in [-0.15, -0.1) is 5.10 Å². The fraction of sp³-hybridized carbons (Fsp3) is 0.118. The van der Waals surface area contributed by atoms with Crippen molar-refractivity contribution in [2.45, 2.75) is 13.5 Å². The molecule has 0 aliphatic carbocycles. The minimum atomic E-state index is -0.672. The van der Waals surface area contributed by atoms with Crippen molar-refractivity contribution in [1.82, 2.24) is 9.78 Å². The van der Waals surface area contributed by atoms with Gasteiger partial charge in [-0.3, -0.25) is 4.79 Å². The summed E-state index contributed by atoms with van der Waals surface area (Å²) in [4.78, 5) is 24.0. The van der Waals surface area contributed by atoms with Gasteiger partial charge in [0.2, 0.25) is 11.8 Å². The molecule has 6 nitrogen and oxygen atoms in total. The highest BCUT2D eigenvalue weighted by atomic mass is 79.9. The molecule has 0 aliphatic heterocycles. The second-order valence-corrected chi connectivity index (χ2v) is 6.06. The number of benzene rings is 2. The van der Waals surface area contributed by atoms with E-state index in [9.17, 15) is 9.59 Å². The Balaban J connectivity index is 1.74. The lowest BCUT2D eigenvalue weighted by Crippen LogP contribution is -2.25. The Morgan fingerprint density at radius 1 is 1.25 bits per heavy atom. The number of halogens is 1. The van der Waals surface area contributed by atoms with Crippen molar-refractivity contribution < 1.29 is 9.21 Å². The van der Waals surface area contributed by atoms with Crippen molar-refractivity contribution in [2.24, 2.45) is 0 Å². The van der Waals surface area contributed by atoms with Crippen LogP contribution in [0.3, 0.4) is 0 Å². The number of hydrogen-bond acceptors (Lipinski definition) is 4. The standard InChI is InChI=1S/C17H14BrN3O3/c1-11-7-8-13(9-14(11)18)19-15(22)10-21-17(23)24-16(20-21)12-5-3-2-4-6-12/h2-9H,10H2,1H3,(H,19,22). The molecule has 3 rings (SSSR count). The zero-order valence-corrected chi connectivity index (χ0v) is 14.4. The molecule has 0 fully saturated rings. The Morgan fingerprint density at radius 3 is 2.71 bits per heavy atom. The summed E-state index contributed by atoms with van der Waals surface area (Å²) in [6.07, 6.45) is 0. The van der Waals surface area contributed by atoms with Crippen LogP contribution in [0.15, 0.2) is 62.2 Å². The molecule has 1 amide bonds. The number of rotatable bonds is 4. The molecule has 0 aliphatic rings. The third kappa shape index (κ3) is 3.62. The molecule has 2 aromatic carbocycles. The van der Waals surface area contributed by atoms with Crippen LogP contribution in [-0.4, -0.2) is 15.7 Å². The first kappa shape index (κ1) is 16.2. The molecule has 24 heavy (non-hydrogen) atoms. The number of aryl methyl sites for hydroxylation is 1. The van der Waals surface area contributed by atoms with E-state index in [4.69, 9.17) is 4.42 Å². The van der Waals surface area contributed by atoms with Gasteiger partial charge in [-0.1, -0.05) is 40.2 Å². The highest BCUT2D eigenvalue weighted by Gasteiger charge is 2.13. The summed E-state index contributed by atoms with van der Waals surface area (Å²) in [6, 6.07) is 14.5. The monoisotopic (exact) mass is 387 g/mol. The Bertz CT molecular complexity index is 932. The average molecular weight is 388 g/mol. The SMILES string of the molecule is Cc1ccc(NC(=O)Cn2nc(-c3ccccc3)oc2=O)cc1Br. The number of carbonyl (C=O) groups excluding carboxylic acids is 1. The maximum atomic E-state index is 12.1. The van der Waals surface area contributed by atoms with E-state index in [1.165, 1.54) is 0 Å². The van der Waals surface area contributed by atoms with Gasteiger partial charge >= 0.3 is 5.76 Å². The summed E-state index contributed by atoms with van der Waals surface area (Å²) in [7, 11) is 0. The zero-order valence-electron chi connectivity index (χ0n) is 12.8. The molecule has 0 spiro atoms. The van der Waals surface area contributed by atoms with Crippen molar-refractivity contribution in [3.05, 3.63) is 69.1 Å². The summed E-state index contributed by atoms with van der Waals surface area (Å²) >= 11 is 3.41. The van der Waals surface area contributed by atoms with Crippen LogP contribution >= 0.6 is 15.9 Å². The minimum Gasteiger partial charge on any atom is -0.388 e. The predicted molar refractivity (Wildman–Crippen MR) is 93.7 cm³/mol. The Kier molecular flexibility index (Phi) is 4.61. The van der Waals surface area contributed by atoms with Gasteiger partial charge in [0.15, 0.2) is 0 Å². The van der Waals surface area contributed by atoms with E-state index in [1.54, 1.807) is 24.3 Å². The first-order chi connectivity index (χ1) is 11.5. The maximum Gasteiger partial charge on any atom is 0.437 e. The van der Waals surface area contributed by atoms with Crippen molar-refractivity contribution in [1.29, 1.82) is 0 Å². The largest absolute Gasteiger partial charge is 0.437 e. The molecule has 3 aromatic rings. The molecular formula is C17H14BrN3O3. The quantitative estimate of drug-likeness (QED) is 0.745. The molecule has 1 aromatic heterocycles. The van der Waals surface area contributed by atoms with E-state index in [-0.39, 0.29) is 18.3 Å². The van der Waals surface area contributed by atoms with Gasteiger partial charge in [-0.2, -0.15) is 4.68 Å². The fourth-order valence-electron chi connectivity index (χ4n) is 2.11. The first-order valence-corrected chi connectivity index (χ1v) is 8.01. The molecule has 1 heterocycles. The van der Waals surface area contributed by atoms with Crippen molar-refractivity contribution in [3.8, 4) is 11.5 Å². The number of carbonyl (C=O) groups is 1. The van der Waals surface area contributed by atoms with E-state index in [0.717, 1.165) is 14.7 Å². The second-order valence-electron chi connectivity index (χ2n) is 5.21. The highest BCUT2D eigenvalue weighted by Crippen LogP contribution is 2.20. The fourth-order valence-corrected chi connectivity index (χ4v) is 2.49. The van der Waals surface area contributed by atoms with Gasteiger partial charge in [-0.05, 0) is 36.8 Å². The minimum absolute atomic E-state index is 0.187. The van der Waals surface area contributed by atoms with E-state index in [0.29, 0.717) is 11.3 Å². The number of hydrogen-bond donors (Lipinski definition) is 1. The number of nitrogens with zero attached hydrogens (tertiary/aromatic N) is 2. The van der Waals surface area contributed by atoms with Crippen molar-refractivity contribution in [2.75, 3.05) is 5.32 Å². The smallest absolute Gasteiger partial charge is 0.388 e. The van der Waals surface area contributed by atoms with Crippen LogP contribution in [-0.2, 0) is 11.3 Å². The maximum absolute atomic E-state index is 12.1. The van der Waals surface area contributed by atoms with Crippen LogP contribution in [0.5, 0.6) is 0 Å². The average Bonchev–Trinajstić information content (AvgIpc) is 2.93. The Hall–Kier alpha value is -2.67. The molecule has 7 heteroatoms.